The van der Waals surface area contributed by atoms with Crippen LogP contribution in [0.2, 0.25) is 0 Å². The number of methoxy groups -OCH3 is 1. The zero-order chi connectivity index (χ0) is 17.9. The summed E-state index contributed by atoms with van der Waals surface area (Å²) in [4.78, 5) is 16.5. The molecule has 0 atom stereocenters. The average molecular weight is 344 g/mol. The first-order valence-electron chi connectivity index (χ1n) is 8.15. The van der Waals surface area contributed by atoms with E-state index in [0.717, 1.165) is 5.56 Å². The van der Waals surface area contributed by atoms with Gasteiger partial charge >= 0.3 is 5.97 Å². The average Bonchev–Trinajstić information content (AvgIpc) is 3.06. The van der Waals surface area contributed by atoms with Crippen LogP contribution in [0.25, 0.3) is 16.9 Å². The molecule has 128 valence electrons. The van der Waals surface area contributed by atoms with Crippen molar-refractivity contribution in [3.63, 3.8) is 0 Å². The summed E-state index contributed by atoms with van der Waals surface area (Å²) in [6.07, 6.45) is 1.76. The van der Waals surface area contributed by atoms with Crippen molar-refractivity contribution in [2.24, 2.45) is 0 Å². The highest BCUT2D eigenvalue weighted by atomic mass is 16.5. The van der Waals surface area contributed by atoms with E-state index in [-0.39, 0.29) is 0 Å². The second kappa shape index (κ2) is 6.72. The van der Waals surface area contributed by atoms with Gasteiger partial charge in [-0.1, -0.05) is 48.5 Å². The number of carbonyl (C=O) groups excluding carboxylic acids is 1. The predicted octanol–water partition coefficient (Wildman–Crippen LogP) is 4.58. The predicted molar refractivity (Wildman–Crippen MR) is 98.5 cm³/mol. The zero-order valence-corrected chi connectivity index (χ0v) is 14.1. The van der Waals surface area contributed by atoms with Gasteiger partial charge in [-0.3, -0.25) is 4.40 Å². The summed E-state index contributed by atoms with van der Waals surface area (Å²) in [5, 5.41) is 0. The minimum absolute atomic E-state index is 0.401. The molecule has 26 heavy (non-hydrogen) atoms. The molecule has 0 radical (unpaired) electrons. The molecule has 4 rings (SSSR count). The second-order valence-electron chi connectivity index (χ2n) is 5.68. The molecule has 2 heterocycles. The standard InChI is InChI=1S/C21H16N2O3/c1-25-21(24)16-12-13-23-18(14-16)22-19(15-8-4-2-5-9-15)20(23)26-17-10-6-3-7-11-17/h2-14H,1H3. The molecule has 2 aromatic heterocycles. The van der Waals surface area contributed by atoms with Crippen molar-refractivity contribution in [1.82, 2.24) is 9.38 Å². The summed E-state index contributed by atoms with van der Waals surface area (Å²) in [5.41, 5.74) is 2.69. The highest BCUT2D eigenvalue weighted by Crippen LogP contribution is 2.34. The van der Waals surface area contributed by atoms with Crippen molar-refractivity contribution in [1.29, 1.82) is 0 Å². The number of hydrogen-bond acceptors (Lipinski definition) is 4. The Labute approximate surface area is 150 Å². The number of carbonyl (C=O) groups is 1. The molecule has 0 amide bonds. The molecule has 0 saturated heterocycles. The van der Waals surface area contributed by atoms with E-state index in [1.807, 2.05) is 65.1 Å². The van der Waals surface area contributed by atoms with E-state index in [1.165, 1.54) is 7.11 Å². The first-order chi connectivity index (χ1) is 12.8. The third-order valence-electron chi connectivity index (χ3n) is 4.01. The fourth-order valence-electron chi connectivity index (χ4n) is 2.75. The molecular weight excluding hydrogens is 328 g/mol. The molecule has 5 heteroatoms. The maximum Gasteiger partial charge on any atom is 0.338 e. The zero-order valence-electron chi connectivity index (χ0n) is 14.1. The number of aromatic nitrogens is 2. The Morgan fingerprint density at radius 1 is 0.962 bits per heavy atom. The van der Waals surface area contributed by atoms with Crippen molar-refractivity contribution in [2.45, 2.75) is 0 Å². The topological polar surface area (TPSA) is 52.8 Å². The summed E-state index contributed by atoms with van der Waals surface area (Å²) < 4.78 is 12.7. The Kier molecular flexibility index (Phi) is 4.11. The molecule has 0 aliphatic carbocycles. The maximum absolute atomic E-state index is 11.8. The van der Waals surface area contributed by atoms with E-state index in [2.05, 4.69) is 4.98 Å². The molecule has 0 aliphatic rings. The fraction of sp³-hybridized carbons (Fsp3) is 0.0476. The third-order valence-corrected chi connectivity index (χ3v) is 4.01. The van der Waals surface area contributed by atoms with Crippen molar-refractivity contribution < 1.29 is 14.3 Å². The van der Waals surface area contributed by atoms with Crippen LogP contribution in [0, 0.1) is 0 Å². The van der Waals surface area contributed by atoms with Gasteiger partial charge in [-0.15, -0.1) is 0 Å². The number of benzene rings is 2. The Morgan fingerprint density at radius 3 is 2.35 bits per heavy atom. The summed E-state index contributed by atoms with van der Waals surface area (Å²) in [6, 6.07) is 22.7. The summed E-state index contributed by atoms with van der Waals surface area (Å²) >= 11 is 0. The van der Waals surface area contributed by atoms with E-state index in [9.17, 15) is 4.79 Å². The Morgan fingerprint density at radius 2 is 1.65 bits per heavy atom. The van der Waals surface area contributed by atoms with Crippen LogP contribution in [-0.4, -0.2) is 22.5 Å². The van der Waals surface area contributed by atoms with Gasteiger partial charge in [-0.05, 0) is 24.3 Å². The van der Waals surface area contributed by atoms with Crippen LogP contribution in [0.3, 0.4) is 0 Å². The lowest BCUT2D eigenvalue weighted by molar-refractivity contribution is 0.0600. The number of rotatable bonds is 4. The molecular formula is C21H16N2O3. The van der Waals surface area contributed by atoms with E-state index in [0.29, 0.717) is 28.5 Å². The van der Waals surface area contributed by atoms with E-state index in [1.54, 1.807) is 18.3 Å². The molecule has 0 saturated carbocycles. The SMILES string of the molecule is COC(=O)c1ccn2c(Oc3ccccc3)c(-c3ccccc3)nc2c1. The Balaban J connectivity index is 1.89. The first-order valence-corrected chi connectivity index (χ1v) is 8.15. The molecule has 0 N–H and O–H groups in total. The van der Waals surface area contributed by atoms with Gasteiger partial charge in [0.1, 0.15) is 17.1 Å². The summed E-state index contributed by atoms with van der Waals surface area (Å²) in [5.74, 6) is 0.902. The largest absolute Gasteiger partial charge is 0.465 e. The smallest absolute Gasteiger partial charge is 0.338 e. The van der Waals surface area contributed by atoms with Gasteiger partial charge in [-0.25, -0.2) is 9.78 Å². The van der Waals surface area contributed by atoms with Crippen molar-refractivity contribution in [2.75, 3.05) is 7.11 Å². The van der Waals surface area contributed by atoms with Crippen LogP contribution in [0.15, 0.2) is 79.0 Å². The molecule has 0 unspecified atom stereocenters. The first kappa shape index (κ1) is 15.9. The van der Waals surface area contributed by atoms with Crippen LogP contribution < -0.4 is 4.74 Å². The van der Waals surface area contributed by atoms with Crippen molar-refractivity contribution in [3.05, 3.63) is 84.6 Å². The number of ether oxygens (including phenoxy) is 2. The second-order valence-corrected chi connectivity index (χ2v) is 5.68. The molecule has 0 bridgehead atoms. The van der Waals surface area contributed by atoms with Crippen LogP contribution >= 0.6 is 0 Å². The van der Waals surface area contributed by atoms with Gasteiger partial charge in [0.15, 0.2) is 0 Å². The maximum atomic E-state index is 11.8. The van der Waals surface area contributed by atoms with Crippen molar-refractivity contribution >= 4 is 11.6 Å². The Bertz CT molecular complexity index is 1060. The number of para-hydroxylation sites is 1. The Hall–Kier alpha value is -3.60. The third kappa shape index (κ3) is 2.91. The van der Waals surface area contributed by atoms with Crippen molar-refractivity contribution in [3.8, 4) is 22.9 Å². The van der Waals surface area contributed by atoms with Crippen LogP contribution in [0.4, 0.5) is 0 Å². The lowest BCUT2D eigenvalue weighted by Crippen LogP contribution is -2.02. The molecule has 2 aromatic carbocycles. The monoisotopic (exact) mass is 344 g/mol. The fourth-order valence-corrected chi connectivity index (χ4v) is 2.75. The summed E-state index contributed by atoms with van der Waals surface area (Å²) in [6.45, 7) is 0. The van der Waals surface area contributed by atoms with Gasteiger partial charge < -0.3 is 9.47 Å². The normalized spacial score (nSPS) is 10.7. The number of pyridine rings is 1. The highest BCUT2D eigenvalue weighted by Gasteiger charge is 2.18. The van der Waals surface area contributed by atoms with Gasteiger partial charge in [0, 0.05) is 11.8 Å². The van der Waals surface area contributed by atoms with Gasteiger partial charge in [0.2, 0.25) is 5.88 Å². The van der Waals surface area contributed by atoms with E-state index in [4.69, 9.17) is 9.47 Å². The number of esters is 1. The molecule has 5 nitrogen and oxygen atoms in total. The lowest BCUT2D eigenvalue weighted by atomic mass is 10.2. The quantitative estimate of drug-likeness (QED) is 0.509. The van der Waals surface area contributed by atoms with Gasteiger partial charge in [0.05, 0.1) is 12.7 Å². The molecule has 0 spiro atoms. The summed E-state index contributed by atoms with van der Waals surface area (Å²) in [7, 11) is 1.36. The molecule has 0 fully saturated rings. The van der Waals surface area contributed by atoms with E-state index >= 15 is 0 Å². The number of imidazole rings is 1. The highest BCUT2D eigenvalue weighted by molar-refractivity contribution is 5.90. The van der Waals surface area contributed by atoms with E-state index < -0.39 is 5.97 Å². The van der Waals surface area contributed by atoms with Crippen LogP contribution in [0.5, 0.6) is 11.6 Å². The molecule has 0 aliphatic heterocycles. The van der Waals surface area contributed by atoms with Gasteiger partial charge in [0.25, 0.3) is 0 Å². The number of fused-ring (bicyclic) bond motifs is 1. The number of hydrogen-bond donors (Lipinski definition) is 0. The van der Waals surface area contributed by atoms with Gasteiger partial charge in [-0.2, -0.15) is 0 Å². The molecule has 4 aromatic rings. The minimum Gasteiger partial charge on any atom is -0.465 e. The minimum atomic E-state index is -0.401. The lowest BCUT2D eigenvalue weighted by Gasteiger charge is -2.08. The number of nitrogens with zero attached hydrogens (tertiary/aromatic N) is 2. The van der Waals surface area contributed by atoms with Crippen LogP contribution in [-0.2, 0) is 4.74 Å². The van der Waals surface area contributed by atoms with Crippen LogP contribution in [0.1, 0.15) is 10.4 Å².